The minimum Gasteiger partial charge on any atom is -0.481 e. The van der Waals surface area contributed by atoms with Crippen LogP contribution in [0.5, 0.6) is 5.88 Å². The Labute approximate surface area is 134 Å². The highest BCUT2D eigenvalue weighted by Crippen LogP contribution is 2.41. The quantitative estimate of drug-likeness (QED) is 0.844. The van der Waals surface area contributed by atoms with E-state index in [9.17, 15) is 5.11 Å². The van der Waals surface area contributed by atoms with Gasteiger partial charge in [0.25, 0.3) is 5.95 Å². The summed E-state index contributed by atoms with van der Waals surface area (Å²) in [5.74, 6) is 2.56. The van der Waals surface area contributed by atoms with Crippen LogP contribution in [0.25, 0.3) is 0 Å². The van der Waals surface area contributed by atoms with Crippen LogP contribution in [0.2, 0.25) is 0 Å². The van der Waals surface area contributed by atoms with Crippen molar-refractivity contribution in [1.29, 1.82) is 0 Å². The molecule has 0 bridgehead atoms. The molecule has 2 heterocycles. The monoisotopic (exact) mass is 316 g/mol. The molecule has 0 saturated heterocycles. The van der Waals surface area contributed by atoms with Crippen molar-refractivity contribution in [3.63, 3.8) is 0 Å². The second-order valence-electron chi connectivity index (χ2n) is 6.37. The van der Waals surface area contributed by atoms with Crippen molar-refractivity contribution in [2.75, 3.05) is 12.4 Å². The third kappa shape index (κ3) is 3.01. The van der Waals surface area contributed by atoms with Gasteiger partial charge in [-0.25, -0.2) is 4.98 Å². The molecule has 7 nitrogen and oxygen atoms in total. The standard InChI is InChI=1S/C16H20N4O3/c1-22-13-5-4-10(8-17-13)14(11-6-12(21)7-11)18-16-19-15(23-20-16)9-2-3-9/h4-5,8-9,11-12,14,21H,2-3,6-7H2,1H3,(H,18,20)/t11?,12?,14-/m0/s1. The van der Waals surface area contributed by atoms with Crippen LogP contribution in [0.4, 0.5) is 5.95 Å². The van der Waals surface area contributed by atoms with Gasteiger partial charge in [0.2, 0.25) is 11.8 Å². The van der Waals surface area contributed by atoms with Gasteiger partial charge in [-0.1, -0.05) is 6.07 Å². The Bertz CT molecular complexity index is 662. The van der Waals surface area contributed by atoms with E-state index < -0.39 is 0 Å². The van der Waals surface area contributed by atoms with Crippen LogP contribution in [0.15, 0.2) is 22.9 Å². The molecule has 0 amide bonds. The van der Waals surface area contributed by atoms with Crippen molar-refractivity contribution in [2.45, 2.75) is 43.7 Å². The molecule has 2 aliphatic rings. The first-order valence-corrected chi connectivity index (χ1v) is 8.01. The number of ether oxygens (including phenoxy) is 1. The van der Waals surface area contributed by atoms with Crippen molar-refractivity contribution in [1.82, 2.24) is 15.1 Å². The lowest BCUT2D eigenvalue weighted by atomic mass is 9.75. The van der Waals surface area contributed by atoms with Crippen LogP contribution in [-0.4, -0.2) is 33.4 Å². The maximum absolute atomic E-state index is 9.63. The zero-order valence-electron chi connectivity index (χ0n) is 13.0. The van der Waals surface area contributed by atoms with E-state index in [-0.39, 0.29) is 12.1 Å². The summed E-state index contributed by atoms with van der Waals surface area (Å²) in [5, 5.41) is 17.0. The normalized spacial score (nSPS) is 24.8. The topological polar surface area (TPSA) is 93.3 Å². The van der Waals surface area contributed by atoms with E-state index in [1.165, 1.54) is 0 Å². The molecule has 7 heteroatoms. The van der Waals surface area contributed by atoms with Crippen LogP contribution < -0.4 is 10.1 Å². The molecule has 2 saturated carbocycles. The minimum atomic E-state index is -0.220. The molecule has 0 unspecified atom stereocenters. The molecule has 2 N–H and O–H groups in total. The van der Waals surface area contributed by atoms with Crippen molar-refractivity contribution in [3.05, 3.63) is 29.8 Å². The van der Waals surface area contributed by atoms with E-state index in [0.29, 0.717) is 29.6 Å². The number of nitrogens with zero attached hydrogens (tertiary/aromatic N) is 3. The average molecular weight is 316 g/mol. The summed E-state index contributed by atoms with van der Waals surface area (Å²) in [5.41, 5.74) is 1.03. The molecule has 0 spiro atoms. The van der Waals surface area contributed by atoms with Gasteiger partial charge in [-0.05, 0) is 42.3 Å². The van der Waals surface area contributed by atoms with Crippen molar-refractivity contribution >= 4 is 5.95 Å². The molecule has 4 rings (SSSR count). The molecule has 1 atom stereocenters. The summed E-state index contributed by atoms with van der Waals surface area (Å²) in [6.45, 7) is 0. The maximum Gasteiger partial charge on any atom is 0.263 e. The molecule has 0 aliphatic heterocycles. The van der Waals surface area contributed by atoms with Gasteiger partial charge in [-0.15, -0.1) is 0 Å². The van der Waals surface area contributed by atoms with E-state index in [1.807, 2.05) is 12.1 Å². The fourth-order valence-electron chi connectivity index (χ4n) is 3.00. The van der Waals surface area contributed by atoms with Crippen molar-refractivity contribution in [3.8, 4) is 5.88 Å². The lowest BCUT2D eigenvalue weighted by Crippen LogP contribution is -2.36. The molecule has 0 radical (unpaired) electrons. The molecule has 23 heavy (non-hydrogen) atoms. The highest BCUT2D eigenvalue weighted by atomic mass is 16.5. The molecule has 2 aromatic heterocycles. The summed E-state index contributed by atoms with van der Waals surface area (Å²) in [4.78, 5) is 8.71. The third-order valence-corrected chi connectivity index (χ3v) is 4.60. The van der Waals surface area contributed by atoms with Gasteiger partial charge in [0, 0.05) is 18.2 Å². The fraction of sp³-hybridized carbons (Fsp3) is 0.562. The van der Waals surface area contributed by atoms with E-state index in [2.05, 4.69) is 20.4 Å². The lowest BCUT2D eigenvalue weighted by molar-refractivity contribution is 0.0338. The highest BCUT2D eigenvalue weighted by Gasteiger charge is 2.36. The van der Waals surface area contributed by atoms with Crippen molar-refractivity contribution in [2.24, 2.45) is 5.92 Å². The first kappa shape index (κ1) is 14.4. The Morgan fingerprint density at radius 2 is 2.17 bits per heavy atom. The number of aliphatic hydroxyl groups is 1. The molecular weight excluding hydrogens is 296 g/mol. The number of hydrogen-bond acceptors (Lipinski definition) is 7. The number of aliphatic hydroxyl groups excluding tert-OH is 1. The largest absolute Gasteiger partial charge is 0.481 e. The Kier molecular flexibility index (Phi) is 3.65. The third-order valence-electron chi connectivity index (χ3n) is 4.60. The second-order valence-corrected chi connectivity index (χ2v) is 6.37. The lowest BCUT2D eigenvalue weighted by Gasteiger charge is -2.37. The summed E-state index contributed by atoms with van der Waals surface area (Å²) in [7, 11) is 1.60. The van der Waals surface area contributed by atoms with Gasteiger partial charge in [0.15, 0.2) is 0 Å². The number of rotatable bonds is 6. The second kappa shape index (κ2) is 5.81. The van der Waals surface area contributed by atoms with E-state index in [4.69, 9.17) is 9.26 Å². The van der Waals surface area contributed by atoms with Gasteiger partial charge in [0.1, 0.15) is 0 Å². The summed E-state index contributed by atoms with van der Waals surface area (Å²) >= 11 is 0. The maximum atomic E-state index is 9.63. The first-order chi connectivity index (χ1) is 11.2. The fourth-order valence-corrected chi connectivity index (χ4v) is 3.00. The molecular formula is C16H20N4O3. The molecule has 122 valence electrons. The Hall–Kier alpha value is -2.15. The number of aromatic nitrogens is 3. The number of hydrogen-bond donors (Lipinski definition) is 2. The van der Waals surface area contributed by atoms with Crippen LogP contribution in [0.1, 0.15) is 49.1 Å². The predicted molar refractivity (Wildman–Crippen MR) is 82.2 cm³/mol. The summed E-state index contributed by atoms with van der Waals surface area (Å²) in [6, 6.07) is 3.82. The number of methoxy groups -OCH3 is 1. The zero-order chi connectivity index (χ0) is 15.8. The van der Waals surface area contributed by atoms with Gasteiger partial charge in [-0.2, -0.15) is 4.98 Å². The van der Waals surface area contributed by atoms with Gasteiger partial charge >= 0.3 is 0 Å². The minimum absolute atomic E-state index is 0.00135. The van der Waals surface area contributed by atoms with Crippen LogP contribution in [-0.2, 0) is 0 Å². The summed E-state index contributed by atoms with van der Waals surface area (Å²) in [6.07, 6.45) is 5.35. The smallest absolute Gasteiger partial charge is 0.263 e. The molecule has 2 aromatic rings. The van der Waals surface area contributed by atoms with Gasteiger partial charge in [0.05, 0.1) is 19.3 Å². The average Bonchev–Trinajstić information content (AvgIpc) is 3.30. The first-order valence-electron chi connectivity index (χ1n) is 8.01. The summed E-state index contributed by atoms with van der Waals surface area (Å²) < 4.78 is 10.4. The Morgan fingerprint density at radius 1 is 1.35 bits per heavy atom. The predicted octanol–water partition coefficient (Wildman–Crippen LogP) is 2.27. The van der Waals surface area contributed by atoms with E-state index in [0.717, 1.165) is 31.2 Å². The zero-order valence-corrected chi connectivity index (χ0v) is 13.0. The highest BCUT2D eigenvalue weighted by molar-refractivity contribution is 5.33. The number of pyridine rings is 1. The van der Waals surface area contributed by atoms with E-state index >= 15 is 0 Å². The van der Waals surface area contributed by atoms with E-state index in [1.54, 1.807) is 13.3 Å². The van der Waals surface area contributed by atoms with Gasteiger partial charge < -0.3 is 19.7 Å². The Morgan fingerprint density at radius 3 is 2.78 bits per heavy atom. The SMILES string of the molecule is COc1ccc([C@H](Nc2noc(C3CC3)n2)C2CC(O)C2)cn1. The molecule has 2 fully saturated rings. The Balaban J connectivity index is 1.53. The molecule has 2 aliphatic carbocycles. The van der Waals surface area contributed by atoms with Crippen LogP contribution in [0, 0.1) is 5.92 Å². The van der Waals surface area contributed by atoms with Crippen LogP contribution >= 0.6 is 0 Å². The number of nitrogens with one attached hydrogen (secondary N) is 1. The molecule has 0 aromatic carbocycles. The van der Waals surface area contributed by atoms with Gasteiger partial charge in [-0.3, -0.25) is 0 Å². The number of anilines is 1. The van der Waals surface area contributed by atoms with Crippen molar-refractivity contribution < 1.29 is 14.4 Å². The van der Waals surface area contributed by atoms with Crippen LogP contribution in [0.3, 0.4) is 0 Å².